The number of oxime groups is 1. The van der Waals surface area contributed by atoms with Crippen LogP contribution < -0.4 is 10.1 Å². The predicted molar refractivity (Wildman–Crippen MR) is 75.6 cm³/mol. The van der Waals surface area contributed by atoms with Crippen molar-refractivity contribution < 1.29 is 19.8 Å². The minimum Gasteiger partial charge on any atom is -0.481 e. The average molecular weight is 283 g/mol. The monoisotopic (exact) mass is 283 g/mol. The highest BCUT2D eigenvalue weighted by Gasteiger charge is 1.98. The Morgan fingerprint density at radius 3 is 2.90 bits per heavy atom. The number of carboxylic acids is 1. The van der Waals surface area contributed by atoms with Gasteiger partial charge in [0.15, 0.2) is 0 Å². The highest BCUT2D eigenvalue weighted by molar-refractivity contribution is 5.81. The smallest absolute Gasteiger partial charge is 0.317 e. The standard InChI is InChI=1S/C7H8N2O2.C6H13NO2/c1-11-7-6(5-9-10)3-2-4-8-7;1-2-3-4-7-5-6(8)9/h2-5,10H,1H3;7H,2-5H2,1H3,(H,8,9). The van der Waals surface area contributed by atoms with Gasteiger partial charge in [0.25, 0.3) is 0 Å². The van der Waals surface area contributed by atoms with Crippen molar-refractivity contribution in [2.75, 3.05) is 20.2 Å². The van der Waals surface area contributed by atoms with E-state index in [9.17, 15) is 4.79 Å². The second-order valence-corrected chi connectivity index (χ2v) is 3.77. The van der Waals surface area contributed by atoms with Crippen LogP contribution >= 0.6 is 0 Å². The Morgan fingerprint density at radius 1 is 1.60 bits per heavy atom. The van der Waals surface area contributed by atoms with E-state index in [1.165, 1.54) is 13.3 Å². The molecule has 0 spiro atoms. The molecule has 0 unspecified atom stereocenters. The van der Waals surface area contributed by atoms with Crippen molar-refractivity contribution in [1.82, 2.24) is 10.3 Å². The van der Waals surface area contributed by atoms with Crippen LogP contribution in [0.5, 0.6) is 5.88 Å². The normalized spacial score (nSPS) is 9.90. The zero-order chi connectivity index (χ0) is 15.2. The molecule has 112 valence electrons. The maximum absolute atomic E-state index is 9.90. The molecule has 7 heteroatoms. The maximum Gasteiger partial charge on any atom is 0.317 e. The summed E-state index contributed by atoms with van der Waals surface area (Å²) in [7, 11) is 1.51. The van der Waals surface area contributed by atoms with E-state index in [1.54, 1.807) is 18.3 Å². The summed E-state index contributed by atoms with van der Waals surface area (Å²) in [6.45, 7) is 2.96. The maximum atomic E-state index is 9.90. The molecule has 0 saturated heterocycles. The van der Waals surface area contributed by atoms with Crippen LogP contribution in [0, 0.1) is 0 Å². The molecule has 1 rings (SSSR count). The van der Waals surface area contributed by atoms with Crippen LogP contribution in [0.3, 0.4) is 0 Å². The molecule has 0 fully saturated rings. The van der Waals surface area contributed by atoms with Gasteiger partial charge in [-0.1, -0.05) is 18.5 Å². The lowest BCUT2D eigenvalue weighted by molar-refractivity contribution is -0.135. The van der Waals surface area contributed by atoms with Crippen molar-refractivity contribution in [3.8, 4) is 5.88 Å². The molecule has 0 aliphatic carbocycles. The van der Waals surface area contributed by atoms with E-state index in [2.05, 4.69) is 22.4 Å². The number of hydrogen-bond donors (Lipinski definition) is 3. The molecule has 0 radical (unpaired) electrons. The molecule has 1 aromatic heterocycles. The van der Waals surface area contributed by atoms with Gasteiger partial charge in [-0.15, -0.1) is 0 Å². The number of ether oxygens (including phenoxy) is 1. The molecular formula is C13H21N3O4. The molecule has 0 amide bonds. The first-order valence-electron chi connectivity index (χ1n) is 6.24. The first-order valence-corrected chi connectivity index (χ1v) is 6.24. The number of nitrogens with one attached hydrogen (secondary N) is 1. The molecule has 1 heterocycles. The fourth-order valence-electron chi connectivity index (χ4n) is 1.23. The SMILES string of the molecule is CCCCNCC(=O)O.COc1ncccc1C=NO. The summed E-state index contributed by atoms with van der Waals surface area (Å²) in [4.78, 5) is 13.8. The lowest BCUT2D eigenvalue weighted by Gasteiger charge is -1.99. The summed E-state index contributed by atoms with van der Waals surface area (Å²) >= 11 is 0. The minimum absolute atomic E-state index is 0.0833. The molecule has 3 N–H and O–H groups in total. The number of nitrogens with zero attached hydrogens (tertiary/aromatic N) is 2. The van der Waals surface area contributed by atoms with Crippen molar-refractivity contribution in [3.63, 3.8) is 0 Å². The Balaban J connectivity index is 0.000000370. The Labute approximate surface area is 118 Å². The Hall–Kier alpha value is -2.15. The van der Waals surface area contributed by atoms with Gasteiger partial charge in [-0.2, -0.15) is 0 Å². The lowest BCUT2D eigenvalue weighted by Crippen LogP contribution is -2.23. The third kappa shape index (κ3) is 8.87. The largest absolute Gasteiger partial charge is 0.481 e. The van der Waals surface area contributed by atoms with Crippen LogP contribution in [-0.2, 0) is 4.79 Å². The van der Waals surface area contributed by atoms with E-state index < -0.39 is 5.97 Å². The van der Waals surface area contributed by atoms with Crippen LogP contribution in [0.25, 0.3) is 0 Å². The minimum atomic E-state index is -0.786. The lowest BCUT2D eigenvalue weighted by atomic mass is 10.3. The topological polar surface area (TPSA) is 104 Å². The van der Waals surface area contributed by atoms with Gasteiger partial charge in [-0.05, 0) is 25.1 Å². The van der Waals surface area contributed by atoms with Gasteiger partial charge in [0, 0.05) is 6.20 Å². The molecular weight excluding hydrogens is 262 g/mol. The Kier molecular flexibility index (Phi) is 10.6. The van der Waals surface area contributed by atoms with Crippen molar-refractivity contribution in [2.45, 2.75) is 19.8 Å². The number of rotatable bonds is 7. The van der Waals surface area contributed by atoms with Crippen LogP contribution in [0.1, 0.15) is 25.3 Å². The summed E-state index contributed by atoms with van der Waals surface area (Å²) in [6.07, 6.45) is 5.03. The van der Waals surface area contributed by atoms with Crippen LogP contribution in [0.4, 0.5) is 0 Å². The van der Waals surface area contributed by atoms with E-state index in [-0.39, 0.29) is 6.54 Å². The van der Waals surface area contributed by atoms with Crippen molar-refractivity contribution in [3.05, 3.63) is 23.9 Å². The van der Waals surface area contributed by atoms with Gasteiger partial charge in [0.1, 0.15) is 0 Å². The fraction of sp³-hybridized carbons (Fsp3) is 0.462. The van der Waals surface area contributed by atoms with E-state index in [0.717, 1.165) is 19.4 Å². The van der Waals surface area contributed by atoms with Crippen molar-refractivity contribution >= 4 is 12.2 Å². The van der Waals surface area contributed by atoms with E-state index in [4.69, 9.17) is 15.1 Å². The second-order valence-electron chi connectivity index (χ2n) is 3.77. The highest BCUT2D eigenvalue weighted by Crippen LogP contribution is 2.09. The number of aromatic nitrogens is 1. The van der Waals surface area contributed by atoms with Gasteiger partial charge < -0.3 is 20.4 Å². The number of methoxy groups -OCH3 is 1. The van der Waals surface area contributed by atoms with E-state index in [0.29, 0.717) is 11.4 Å². The third-order valence-electron chi connectivity index (χ3n) is 2.17. The van der Waals surface area contributed by atoms with Crippen molar-refractivity contribution in [2.24, 2.45) is 5.16 Å². The molecule has 20 heavy (non-hydrogen) atoms. The quantitative estimate of drug-likeness (QED) is 0.302. The molecule has 0 bridgehead atoms. The van der Waals surface area contributed by atoms with Gasteiger partial charge in [-0.3, -0.25) is 4.79 Å². The van der Waals surface area contributed by atoms with Gasteiger partial charge in [-0.25, -0.2) is 4.98 Å². The zero-order valence-electron chi connectivity index (χ0n) is 11.7. The molecule has 0 saturated carbocycles. The number of aliphatic carboxylic acids is 1. The summed E-state index contributed by atoms with van der Waals surface area (Å²) in [5, 5.41) is 22.0. The van der Waals surface area contributed by atoms with E-state index in [1.807, 2.05) is 0 Å². The van der Waals surface area contributed by atoms with Crippen LogP contribution in [0.2, 0.25) is 0 Å². The van der Waals surface area contributed by atoms with Gasteiger partial charge >= 0.3 is 5.97 Å². The second kappa shape index (κ2) is 11.9. The van der Waals surface area contributed by atoms with Crippen LogP contribution in [0.15, 0.2) is 23.5 Å². The number of hydrogen-bond acceptors (Lipinski definition) is 6. The Bertz CT molecular complexity index is 410. The molecule has 0 aliphatic rings. The number of pyridine rings is 1. The summed E-state index contributed by atoms with van der Waals surface area (Å²) < 4.78 is 4.88. The molecule has 0 aromatic carbocycles. The van der Waals surface area contributed by atoms with Gasteiger partial charge in [0.05, 0.1) is 25.4 Å². The first-order chi connectivity index (χ1) is 9.65. The fourth-order valence-corrected chi connectivity index (χ4v) is 1.23. The van der Waals surface area contributed by atoms with Crippen molar-refractivity contribution in [1.29, 1.82) is 0 Å². The summed E-state index contributed by atoms with van der Waals surface area (Å²) in [5.74, 6) is -0.337. The first kappa shape index (κ1) is 17.8. The van der Waals surface area contributed by atoms with Gasteiger partial charge in [0.2, 0.25) is 5.88 Å². The van der Waals surface area contributed by atoms with E-state index >= 15 is 0 Å². The summed E-state index contributed by atoms with van der Waals surface area (Å²) in [5.41, 5.74) is 0.650. The highest BCUT2D eigenvalue weighted by atomic mass is 16.5. The number of carbonyl (C=O) groups is 1. The third-order valence-corrected chi connectivity index (χ3v) is 2.17. The molecule has 0 aliphatic heterocycles. The zero-order valence-corrected chi connectivity index (χ0v) is 11.7. The number of carboxylic acid groups (broad SMARTS) is 1. The van der Waals surface area contributed by atoms with Crippen LogP contribution in [-0.4, -0.2) is 47.7 Å². The molecule has 0 atom stereocenters. The average Bonchev–Trinajstić information content (AvgIpc) is 2.45. The Morgan fingerprint density at radius 2 is 2.35 bits per heavy atom. The number of unbranched alkanes of at least 4 members (excludes halogenated alkanes) is 1. The summed E-state index contributed by atoms with van der Waals surface area (Å²) in [6, 6.07) is 3.48. The molecule has 7 nitrogen and oxygen atoms in total. The predicted octanol–water partition coefficient (Wildman–Crippen LogP) is 1.36. The molecule has 1 aromatic rings.